The maximum atomic E-state index is 13.5. The van der Waals surface area contributed by atoms with Crippen molar-refractivity contribution in [3.05, 3.63) is 64.9 Å². The van der Waals surface area contributed by atoms with Crippen LogP contribution in [-0.4, -0.2) is 30.4 Å². The minimum Gasteiger partial charge on any atom is -0.478 e. The van der Waals surface area contributed by atoms with Crippen LogP contribution in [-0.2, 0) is 9.59 Å². The summed E-state index contributed by atoms with van der Waals surface area (Å²) >= 11 is 5.89. The van der Waals surface area contributed by atoms with Gasteiger partial charge in [-0.25, -0.2) is 4.39 Å². The molecule has 9 heteroatoms. The average Bonchev–Trinajstić information content (AvgIpc) is 2.66. The summed E-state index contributed by atoms with van der Waals surface area (Å²) in [5.41, 5.74) is 4.48. The van der Waals surface area contributed by atoms with Gasteiger partial charge < -0.3 is 10.1 Å². The summed E-state index contributed by atoms with van der Waals surface area (Å²) in [4.78, 5) is 35.6. The van der Waals surface area contributed by atoms with Gasteiger partial charge in [0.15, 0.2) is 17.7 Å². The van der Waals surface area contributed by atoms with Crippen LogP contribution in [0.4, 0.5) is 4.39 Å². The van der Waals surface area contributed by atoms with Gasteiger partial charge in [0.1, 0.15) is 0 Å². The van der Waals surface area contributed by atoms with Crippen LogP contribution in [0.15, 0.2) is 48.5 Å². The highest BCUT2D eigenvalue weighted by atomic mass is 35.5. The zero-order chi connectivity index (χ0) is 19.8. The number of halogens is 2. The number of hydrazine groups is 1. The molecule has 2 rings (SSSR count). The van der Waals surface area contributed by atoms with Crippen molar-refractivity contribution >= 4 is 29.3 Å². The minimum atomic E-state index is -1.06. The highest BCUT2D eigenvalue weighted by Crippen LogP contribution is 2.17. The molecule has 0 saturated carbocycles. The third-order valence-electron chi connectivity index (χ3n) is 3.36. The smallest absolute Gasteiger partial charge is 0.279 e. The van der Waals surface area contributed by atoms with Crippen LogP contribution in [0.3, 0.4) is 0 Å². The summed E-state index contributed by atoms with van der Waals surface area (Å²) in [5, 5.41) is 2.62. The second-order valence-electron chi connectivity index (χ2n) is 5.39. The highest BCUT2D eigenvalue weighted by molar-refractivity contribution is 6.33. The molecule has 3 amide bonds. The van der Waals surface area contributed by atoms with Crippen LogP contribution >= 0.6 is 11.6 Å². The fraction of sp³-hybridized carbons (Fsp3) is 0.167. The van der Waals surface area contributed by atoms with Crippen molar-refractivity contribution in [1.29, 1.82) is 0 Å². The summed E-state index contributed by atoms with van der Waals surface area (Å²) in [7, 11) is 0. The number of para-hydroxylation sites is 1. The number of rotatable bonds is 6. The Bertz CT molecular complexity index is 847. The van der Waals surface area contributed by atoms with Crippen LogP contribution in [0.25, 0.3) is 0 Å². The number of carbonyl (C=O) groups excluding carboxylic acids is 3. The summed E-state index contributed by atoms with van der Waals surface area (Å²) in [5.74, 6) is -2.58. The largest absolute Gasteiger partial charge is 0.478 e. The summed E-state index contributed by atoms with van der Waals surface area (Å²) in [6.07, 6.45) is -1.06. The number of carbonyl (C=O) groups is 3. The first-order valence-electron chi connectivity index (χ1n) is 7.91. The maximum absolute atomic E-state index is 13.5. The minimum absolute atomic E-state index is 0.0847. The first-order chi connectivity index (χ1) is 12.9. The summed E-state index contributed by atoms with van der Waals surface area (Å²) < 4.78 is 18.7. The van der Waals surface area contributed by atoms with Crippen molar-refractivity contribution in [1.82, 2.24) is 16.2 Å². The van der Waals surface area contributed by atoms with Gasteiger partial charge in [-0.15, -0.1) is 0 Å². The lowest BCUT2D eigenvalue weighted by Crippen LogP contribution is -2.50. The molecule has 142 valence electrons. The van der Waals surface area contributed by atoms with Gasteiger partial charge in [0.2, 0.25) is 0 Å². The lowest BCUT2D eigenvalue weighted by Gasteiger charge is -2.15. The van der Waals surface area contributed by atoms with E-state index < -0.39 is 29.6 Å². The second-order valence-corrected chi connectivity index (χ2v) is 5.80. The van der Waals surface area contributed by atoms with Crippen LogP contribution < -0.4 is 20.9 Å². The van der Waals surface area contributed by atoms with E-state index in [9.17, 15) is 18.8 Å². The Labute approximate surface area is 159 Å². The van der Waals surface area contributed by atoms with E-state index in [1.165, 1.54) is 31.2 Å². The Hall–Kier alpha value is -3.13. The van der Waals surface area contributed by atoms with Crippen molar-refractivity contribution in [2.45, 2.75) is 13.0 Å². The molecule has 0 radical (unpaired) electrons. The molecule has 3 N–H and O–H groups in total. The van der Waals surface area contributed by atoms with Gasteiger partial charge in [0.05, 0.1) is 17.1 Å². The van der Waals surface area contributed by atoms with Gasteiger partial charge in [0, 0.05) is 0 Å². The van der Waals surface area contributed by atoms with Crippen LogP contribution in [0, 0.1) is 5.82 Å². The van der Waals surface area contributed by atoms with Gasteiger partial charge in [-0.3, -0.25) is 25.2 Å². The predicted molar refractivity (Wildman–Crippen MR) is 96.6 cm³/mol. The lowest BCUT2D eigenvalue weighted by atomic mass is 10.2. The number of amides is 3. The summed E-state index contributed by atoms with van der Waals surface area (Å²) in [6, 6.07) is 12.0. The molecule has 1 atom stereocenters. The van der Waals surface area contributed by atoms with Crippen molar-refractivity contribution in [3.63, 3.8) is 0 Å². The summed E-state index contributed by atoms with van der Waals surface area (Å²) in [6.45, 7) is 1.01. The number of benzene rings is 2. The van der Waals surface area contributed by atoms with E-state index in [0.29, 0.717) is 0 Å². The van der Waals surface area contributed by atoms with E-state index in [0.717, 1.165) is 0 Å². The Morgan fingerprint density at radius 3 is 2.44 bits per heavy atom. The van der Waals surface area contributed by atoms with Gasteiger partial charge in [-0.2, -0.15) is 0 Å². The van der Waals surface area contributed by atoms with Crippen molar-refractivity contribution < 1.29 is 23.5 Å². The first-order valence-corrected chi connectivity index (χ1v) is 8.29. The van der Waals surface area contributed by atoms with Gasteiger partial charge in [0.25, 0.3) is 17.7 Å². The van der Waals surface area contributed by atoms with E-state index in [4.69, 9.17) is 16.3 Å². The van der Waals surface area contributed by atoms with E-state index in [2.05, 4.69) is 16.2 Å². The molecule has 0 fully saturated rings. The quantitative estimate of drug-likeness (QED) is 0.652. The van der Waals surface area contributed by atoms with Crippen molar-refractivity contribution in [3.8, 4) is 5.75 Å². The fourth-order valence-corrected chi connectivity index (χ4v) is 2.18. The molecule has 0 aliphatic rings. The molecule has 27 heavy (non-hydrogen) atoms. The molecule has 2 aromatic rings. The molecule has 0 saturated heterocycles. The van der Waals surface area contributed by atoms with E-state index in [1.54, 1.807) is 24.3 Å². The SMILES string of the molecule is CC(Oc1ccccc1F)C(=O)NNC(=O)CNC(=O)c1ccccc1Cl. The molecule has 0 heterocycles. The molecule has 0 spiro atoms. The zero-order valence-electron chi connectivity index (χ0n) is 14.3. The Kier molecular flexibility index (Phi) is 7.13. The molecular weight excluding hydrogens is 377 g/mol. The average molecular weight is 394 g/mol. The topological polar surface area (TPSA) is 96.5 Å². The molecular formula is C18H17ClFN3O4. The standard InChI is InChI=1S/C18H17ClFN3O4/c1-11(27-15-9-5-4-8-14(15)20)17(25)23-22-16(24)10-21-18(26)12-6-2-3-7-13(12)19/h2-9,11H,10H2,1H3,(H,21,26)(H,22,24)(H,23,25). The third-order valence-corrected chi connectivity index (χ3v) is 3.69. The molecule has 2 aromatic carbocycles. The van der Waals surface area contributed by atoms with Crippen LogP contribution in [0.2, 0.25) is 5.02 Å². The lowest BCUT2D eigenvalue weighted by molar-refractivity contribution is -0.132. The Balaban J connectivity index is 1.76. The Morgan fingerprint density at radius 1 is 1.07 bits per heavy atom. The molecule has 0 aromatic heterocycles. The number of ether oxygens (including phenoxy) is 1. The number of hydrogen-bond donors (Lipinski definition) is 3. The van der Waals surface area contributed by atoms with Crippen LogP contribution in [0.1, 0.15) is 17.3 Å². The molecule has 0 aliphatic heterocycles. The van der Waals surface area contributed by atoms with E-state index in [1.807, 2.05) is 0 Å². The van der Waals surface area contributed by atoms with Crippen molar-refractivity contribution in [2.75, 3.05) is 6.54 Å². The fourth-order valence-electron chi connectivity index (χ4n) is 1.96. The molecule has 0 bridgehead atoms. The normalized spacial score (nSPS) is 11.2. The van der Waals surface area contributed by atoms with Gasteiger partial charge in [-0.1, -0.05) is 35.9 Å². The van der Waals surface area contributed by atoms with Crippen LogP contribution in [0.5, 0.6) is 5.75 Å². The molecule has 1 unspecified atom stereocenters. The van der Waals surface area contributed by atoms with Gasteiger partial charge >= 0.3 is 0 Å². The monoisotopic (exact) mass is 393 g/mol. The second kappa shape index (κ2) is 9.54. The molecule has 7 nitrogen and oxygen atoms in total. The van der Waals surface area contributed by atoms with Gasteiger partial charge in [-0.05, 0) is 31.2 Å². The highest BCUT2D eigenvalue weighted by Gasteiger charge is 2.17. The first kappa shape index (κ1) is 20.2. The number of nitrogens with one attached hydrogen (secondary N) is 3. The molecule has 0 aliphatic carbocycles. The zero-order valence-corrected chi connectivity index (χ0v) is 15.0. The Morgan fingerprint density at radius 2 is 1.74 bits per heavy atom. The van der Waals surface area contributed by atoms with E-state index in [-0.39, 0.29) is 22.9 Å². The maximum Gasteiger partial charge on any atom is 0.279 e. The third kappa shape index (κ3) is 5.96. The van der Waals surface area contributed by atoms with E-state index >= 15 is 0 Å². The number of hydrogen-bond acceptors (Lipinski definition) is 4. The predicted octanol–water partition coefficient (Wildman–Crippen LogP) is 1.82. The van der Waals surface area contributed by atoms with Crippen molar-refractivity contribution in [2.24, 2.45) is 0 Å².